The zero-order valence-electron chi connectivity index (χ0n) is 17.0. The molecule has 4 nitrogen and oxygen atoms in total. The summed E-state index contributed by atoms with van der Waals surface area (Å²) in [6.45, 7) is 3.90. The molecule has 0 unspecified atom stereocenters. The molecule has 0 saturated heterocycles. The van der Waals surface area contributed by atoms with Gasteiger partial charge >= 0.3 is 10.1 Å². The minimum absolute atomic E-state index is 0.0364. The Morgan fingerprint density at radius 2 is 1.39 bits per heavy atom. The number of hydrogen-bond donors (Lipinski definition) is 0. The van der Waals surface area contributed by atoms with Gasteiger partial charge in [0.2, 0.25) is 5.82 Å². The molecule has 0 fully saturated rings. The van der Waals surface area contributed by atoms with Gasteiger partial charge in [-0.15, -0.1) is 11.3 Å². The van der Waals surface area contributed by atoms with Crippen molar-refractivity contribution in [2.24, 2.45) is 5.16 Å². The van der Waals surface area contributed by atoms with E-state index in [1.165, 1.54) is 11.3 Å². The smallest absolute Gasteiger partial charge is 0.264 e. The van der Waals surface area contributed by atoms with E-state index >= 15 is 0 Å². The second-order valence-corrected chi connectivity index (χ2v) is 9.93. The van der Waals surface area contributed by atoms with Crippen molar-refractivity contribution in [3.63, 3.8) is 0 Å². The standard InChI is InChI=1S/C22H14F5NO3S2/c1-10(2)11-7-8-15-13(9-11)21(12-5-3-4-6-14(12)32-15)28-31-33(29,30)22-19(26)17(24)16(23)18(25)20(22)27/h3-10H,1-2H3/b28-21+. The monoisotopic (exact) mass is 499 g/mol. The van der Waals surface area contributed by atoms with Crippen molar-refractivity contribution in [3.05, 3.63) is 82.5 Å². The van der Waals surface area contributed by atoms with Crippen molar-refractivity contribution in [1.29, 1.82) is 0 Å². The van der Waals surface area contributed by atoms with Crippen molar-refractivity contribution in [2.45, 2.75) is 24.7 Å². The maximum absolute atomic E-state index is 14.1. The molecule has 0 radical (unpaired) electrons. The second kappa shape index (κ2) is 8.38. The number of benzene rings is 3. The topological polar surface area (TPSA) is 55.7 Å². The summed E-state index contributed by atoms with van der Waals surface area (Å²) in [6.07, 6.45) is 0. The summed E-state index contributed by atoms with van der Waals surface area (Å²) in [6, 6.07) is 12.3. The molecule has 11 heteroatoms. The van der Waals surface area contributed by atoms with Crippen LogP contribution in [-0.4, -0.2) is 8.42 Å². The molecule has 0 bridgehead atoms. The molecule has 4 rings (SSSR count). The van der Waals surface area contributed by atoms with Crippen LogP contribution in [0.25, 0.3) is 20.2 Å². The summed E-state index contributed by atoms with van der Waals surface area (Å²) < 4.78 is 99.3. The van der Waals surface area contributed by atoms with E-state index in [0.717, 1.165) is 5.56 Å². The fourth-order valence-corrected chi connectivity index (χ4v) is 5.15. The van der Waals surface area contributed by atoms with Crippen LogP contribution in [0.3, 0.4) is 0 Å². The first kappa shape index (κ1) is 23.1. The molecule has 0 N–H and O–H groups in total. The van der Waals surface area contributed by atoms with Gasteiger partial charge in [0.05, 0.1) is 0 Å². The van der Waals surface area contributed by atoms with Crippen molar-refractivity contribution in [1.82, 2.24) is 0 Å². The quantitative estimate of drug-likeness (QED) is 0.112. The minimum Gasteiger partial charge on any atom is -0.264 e. The van der Waals surface area contributed by atoms with E-state index in [0.29, 0.717) is 20.2 Å². The summed E-state index contributed by atoms with van der Waals surface area (Å²) in [5, 5.41) is 4.63. The van der Waals surface area contributed by atoms with E-state index in [1.54, 1.807) is 30.3 Å². The van der Waals surface area contributed by atoms with Crippen LogP contribution in [0.15, 0.2) is 52.5 Å². The Balaban J connectivity index is 1.98. The lowest BCUT2D eigenvalue weighted by Crippen LogP contribution is -2.15. The van der Waals surface area contributed by atoms with Crippen molar-refractivity contribution in [3.8, 4) is 0 Å². The van der Waals surface area contributed by atoms with Crippen molar-refractivity contribution in [2.75, 3.05) is 0 Å². The highest BCUT2D eigenvalue weighted by atomic mass is 32.2. The molecule has 1 heterocycles. The van der Waals surface area contributed by atoms with Crippen LogP contribution < -0.4 is 5.36 Å². The van der Waals surface area contributed by atoms with Crippen LogP contribution in [-0.2, 0) is 14.4 Å². The van der Waals surface area contributed by atoms with Gasteiger partial charge in [0.25, 0.3) is 0 Å². The summed E-state index contributed by atoms with van der Waals surface area (Å²) in [5.41, 5.74) is 0.907. The molecular weight excluding hydrogens is 485 g/mol. The Hall–Kier alpha value is -3.05. The van der Waals surface area contributed by atoms with Gasteiger partial charge in [-0.2, -0.15) is 8.42 Å². The molecule has 0 spiro atoms. The molecular formula is C22H14F5NO3S2. The lowest BCUT2D eigenvalue weighted by Gasteiger charge is -2.09. The summed E-state index contributed by atoms with van der Waals surface area (Å²) in [5.74, 6) is -12.2. The van der Waals surface area contributed by atoms with E-state index in [9.17, 15) is 30.4 Å². The molecule has 4 aromatic rings. The first-order valence-corrected chi connectivity index (χ1v) is 11.7. The molecule has 0 saturated carbocycles. The van der Waals surface area contributed by atoms with Gasteiger partial charge < -0.3 is 0 Å². The number of halogens is 5. The van der Waals surface area contributed by atoms with Gasteiger partial charge in [-0.05, 0) is 29.7 Å². The Morgan fingerprint density at radius 1 is 0.818 bits per heavy atom. The third-order valence-electron chi connectivity index (χ3n) is 4.93. The summed E-state index contributed by atoms with van der Waals surface area (Å²) in [7, 11) is -5.51. The lowest BCUT2D eigenvalue weighted by molar-refractivity contribution is 0.309. The van der Waals surface area contributed by atoms with Gasteiger partial charge in [-0.3, -0.25) is 4.28 Å². The normalized spacial score (nSPS) is 12.8. The fourth-order valence-electron chi connectivity index (χ4n) is 3.22. The highest BCUT2D eigenvalue weighted by molar-refractivity contribution is 7.86. The lowest BCUT2D eigenvalue weighted by atomic mass is 10.0. The zero-order chi connectivity index (χ0) is 24.1. The number of fused-ring (bicyclic) bond motifs is 2. The van der Waals surface area contributed by atoms with E-state index in [1.807, 2.05) is 26.0 Å². The number of nitrogens with zero attached hydrogens (tertiary/aromatic N) is 1. The molecule has 0 aliphatic carbocycles. The molecule has 1 aromatic heterocycles. The van der Waals surface area contributed by atoms with Gasteiger partial charge in [-0.1, -0.05) is 43.3 Å². The second-order valence-electron chi connectivity index (χ2n) is 7.38. The van der Waals surface area contributed by atoms with E-state index in [4.69, 9.17) is 0 Å². The predicted molar refractivity (Wildman–Crippen MR) is 113 cm³/mol. The highest BCUT2D eigenvalue weighted by Crippen LogP contribution is 2.29. The van der Waals surface area contributed by atoms with Crippen molar-refractivity contribution >= 4 is 41.6 Å². The average Bonchev–Trinajstić information content (AvgIpc) is 2.78. The number of rotatable bonds is 4. The molecule has 172 valence electrons. The van der Waals surface area contributed by atoms with Gasteiger partial charge in [0.1, 0.15) is 5.36 Å². The SMILES string of the molecule is CC(C)c1ccc2sc3ccccc3/c(=N\OS(=O)(=O)c3c(F)c(F)c(F)c(F)c3F)c2c1. The van der Waals surface area contributed by atoms with Crippen LogP contribution in [0, 0.1) is 29.1 Å². The van der Waals surface area contributed by atoms with Gasteiger partial charge in [0, 0.05) is 20.2 Å². The summed E-state index contributed by atoms with van der Waals surface area (Å²) >= 11 is 1.40. The van der Waals surface area contributed by atoms with Gasteiger partial charge in [0.15, 0.2) is 28.2 Å². The molecule has 0 amide bonds. The Bertz CT molecular complexity index is 1570. The average molecular weight is 499 g/mol. The van der Waals surface area contributed by atoms with E-state index in [-0.39, 0.29) is 11.3 Å². The van der Waals surface area contributed by atoms with Crippen LogP contribution in [0.2, 0.25) is 0 Å². The molecule has 0 aliphatic rings. The predicted octanol–water partition coefficient (Wildman–Crippen LogP) is 6.09. The Morgan fingerprint density at radius 3 is 2.03 bits per heavy atom. The largest absolute Gasteiger partial charge is 0.364 e. The Labute approximate surface area is 188 Å². The van der Waals surface area contributed by atoms with E-state index < -0.39 is 44.1 Å². The first-order valence-electron chi connectivity index (χ1n) is 9.47. The van der Waals surface area contributed by atoms with E-state index in [2.05, 4.69) is 9.44 Å². The first-order chi connectivity index (χ1) is 15.5. The van der Waals surface area contributed by atoms with Crippen molar-refractivity contribution < 1.29 is 34.7 Å². The molecule has 0 aliphatic heterocycles. The maximum Gasteiger partial charge on any atom is 0.364 e. The highest BCUT2D eigenvalue weighted by Gasteiger charge is 2.35. The zero-order valence-corrected chi connectivity index (χ0v) is 18.6. The molecule has 0 atom stereocenters. The fraction of sp³-hybridized carbons (Fsp3) is 0.136. The summed E-state index contributed by atoms with van der Waals surface area (Å²) in [4.78, 5) is -2.11. The molecule has 33 heavy (non-hydrogen) atoms. The van der Waals surface area contributed by atoms with Crippen LogP contribution in [0.1, 0.15) is 25.3 Å². The van der Waals surface area contributed by atoms with Gasteiger partial charge in [-0.25, -0.2) is 22.0 Å². The third kappa shape index (κ3) is 3.95. The minimum atomic E-state index is -5.51. The van der Waals surface area contributed by atoms with Crippen LogP contribution in [0.5, 0.6) is 0 Å². The van der Waals surface area contributed by atoms with Crippen LogP contribution >= 0.6 is 11.3 Å². The maximum atomic E-state index is 14.1. The third-order valence-corrected chi connectivity index (χ3v) is 7.21. The molecule has 3 aromatic carbocycles. The van der Waals surface area contributed by atoms with Crippen LogP contribution in [0.4, 0.5) is 22.0 Å². The number of hydrogen-bond acceptors (Lipinski definition) is 5. The Kier molecular flexibility index (Phi) is 5.87.